The van der Waals surface area contributed by atoms with Gasteiger partial charge in [-0.3, -0.25) is 10.1 Å². The minimum atomic E-state index is -0.556. The number of nitrogens with one attached hydrogen (secondary N) is 1. The quantitative estimate of drug-likeness (QED) is 0.112. The van der Waals surface area contributed by atoms with Crippen molar-refractivity contribution in [2.75, 3.05) is 13.2 Å². The Bertz CT molecular complexity index is 680. The molecule has 1 unspecified atom stereocenters. The summed E-state index contributed by atoms with van der Waals surface area (Å²) in [6.07, 6.45) is 0.559. The summed E-state index contributed by atoms with van der Waals surface area (Å²) < 4.78 is 8.78. The van der Waals surface area contributed by atoms with Crippen molar-refractivity contribution in [1.82, 2.24) is 5.23 Å². The molecule has 1 atom stereocenters. The minimum absolute atomic E-state index is 0.112. The number of benzene rings is 1. The summed E-state index contributed by atoms with van der Waals surface area (Å²) in [5.41, 5.74) is 0.153. The molecule has 1 rings (SSSR count). The number of ether oxygens (including phenoxy) is 1. The summed E-state index contributed by atoms with van der Waals surface area (Å²) in [6.45, 7) is 0.537. The van der Waals surface area contributed by atoms with Crippen LogP contribution in [0.4, 0.5) is 5.69 Å². The number of carbonyl (C=O) groups is 3. The van der Waals surface area contributed by atoms with E-state index in [1.807, 2.05) is 0 Å². The molecule has 26 heavy (non-hydrogen) atoms. The molecule has 11 heteroatoms. The average molecular weight is 379 g/mol. The molecule has 138 valence electrons. The summed E-state index contributed by atoms with van der Waals surface area (Å²) >= 11 is 0. The van der Waals surface area contributed by atoms with Gasteiger partial charge in [-0.15, -0.1) is 0 Å². The van der Waals surface area contributed by atoms with Crippen LogP contribution in [0.25, 0.3) is 0 Å². The smallest absolute Gasteiger partial charge is 0.258 e. The summed E-state index contributed by atoms with van der Waals surface area (Å²) in [7, 11) is 3.35. The number of nitro groups is 1. The first-order valence-corrected chi connectivity index (χ1v) is 8.34. The van der Waals surface area contributed by atoms with E-state index in [-0.39, 0.29) is 54.6 Å². The minimum Gasteiger partial charge on any atom is -0.258 e. The van der Waals surface area contributed by atoms with Gasteiger partial charge in [-0.05, 0) is 12.1 Å². The number of amides is 1. The zero-order valence-electron chi connectivity index (χ0n) is 14.1. The van der Waals surface area contributed by atoms with E-state index >= 15 is 0 Å². The molecule has 0 saturated carbocycles. The van der Waals surface area contributed by atoms with Gasteiger partial charge in [0.05, 0.1) is 4.92 Å². The molecule has 9 nitrogen and oxygen atoms in total. The molecule has 1 N–H and O–H groups in total. The number of rotatable bonds is 12. The van der Waals surface area contributed by atoms with Crippen molar-refractivity contribution >= 4 is 39.8 Å². The van der Waals surface area contributed by atoms with Crippen molar-refractivity contribution in [3.63, 3.8) is 0 Å². The van der Waals surface area contributed by atoms with E-state index in [2.05, 4.69) is 19.3 Å². The number of non-ortho nitro benzene ring substituents is 1. The Balaban J connectivity index is 2.20. The first-order chi connectivity index (χ1) is 12.4. The first-order valence-electron chi connectivity index (χ1n) is 7.82. The van der Waals surface area contributed by atoms with E-state index in [9.17, 15) is 24.5 Å². The average Bonchev–Trinajstić information content (AvgIpc) is 2.62. The zero-order chi connectivity index (χ0) is 19.4. The van der Waals surface area contributed by atoms with Gasteiger partial charge in [0.15, 0.2) is 0 Å². The van der Waals surface area contributed by atoms with Crippen LogP contribution in [-0.4, -0.2) is 42.8 Å². The Hall–Kier alpha value is -2.32. The van der Waals surface area contributed by atoms with Gasteiger partial charge < -0.3 is 0 Å². The summed E-state index contributed by atoms with van der Waals surface area (Å²) in [5.74, 6) is -0.828. The van der Waals surface area contributed by atoms with Crippen molar-refractivity contribution in [1.29, 1.82) is 0 Å². The Morgan fingerprint density at radius 3 is 2.50 bits per heavy atom. The molecule has 0 radical (unpaired) electrons. The van der Waals surface area contributed by atoms with E-state index in [1.165, 1.54) is 31.5 Å². The number of ketones is 2. The number of Topliss-reactive ketones (excluding diaryl/α,β-unsaturated/α-hetero) is 2. The SMILES string of the molecule is O=C(CCCOCCC(=O)NB=NP)CC(=O)c1ccc([N+](=O)[O-])cc1. The second-order valence-electron chi connectivity index (χ2n) is 5.25. The molecule has 1 aromatic carbocycles. The second kappa shape index (κ2) is 12.1. The Labute approximate surface area is 153 Å². The molecule has 0 aromatic heterocycles. The van der Waals surface area contributed by atoms with Gasteiger partial charge >= 0.3 is 108 Å². The molecule has 0 spiro atoms. The van der Waals surface area contributed by atoms with E-state index in [1.54, 1.807) is 0 Å². The van der Waals surface area contributed by atoms with E-state index < -0.39 is 4.92 Å². The van der Waals surface area contributed by atoms with E-state index in [0.717, 1.165) is 0 Å². The number of nitrogens with zero attached hydrogens (tertiary/aromatic N) is 2. The van der Waals surface area contributed by atoms with Crippen LogP contribution in [0.15, 0.2) is 28.9 Å². The maximum absolute atomic E-state index is 12.0. The van der Waals surface area contributed by atoms with Gasteiger partial charge in [0, 0.05) is 12.1 Å². The molecule has 0 aliphatic heterocycles. The molecular weight excluding hydrogens is 360 g/mol. The predicted molar refractivity (Wildman–Crippen MR) is 97.8 cm³/mol. The third-order valence-electron chi connectivity index (χ3n) is 3.28. The third-order valence-corrected chi connectivity index (χ3v) is 3.42. The van der Waals surface area contributed by atoms with Crippen molar-refractivity contribution in [2.24, 2.45) is 4.67 Å². The van der Waals surface area contributed by atoms with Crippen molar-refractivity contribution in [3.8, 4) is 0 Å². The van der Waals surface area contributed by atoms with Crippen LogP contribution >= 0.6 is 9.39 Å². The molecule has 1 amide bonds. The molecule has 0 bridgehead atoms. The predicted octanol–water partition coefficient (Wildman–Crippen LogP) is 1.63. The fraction of sp³-hybridized carbons (Fsp3) is 0.400. The van der Waals surface area contributed by atoms with Gasteiger partial charge in [0.25, 0.3) is 5.69 Å². The van der Waals surface area contributed by atoms with Gasteiger partial charge in [-0.2, -0.15) is 0 Å². The van der Waals surface area contributed by atoms with Crippen LogP contribution in [0.5, 0.6) is 0 Å². The molecule has 1 aromatic rings. The van der Waals surface area contributed by atoms with Crippen LogP contribution < -0.4 is 5.23 Å². The number of hydrogen-bond donors (Lipinski definition) is 1. The molecule has 0 fully saturated rings. The third kappa shape index (κ3) is 8.69. The second-order valence-corrected chi connectivity index (χ2v) is 5.55. The van der Waals surface area contributed by atoms with Crippen LogP contribution in [0, 0.1) is 10.1 Å². The van der Waals surface area contributed by atoms with Gasteiger partial charge in [-0.25, -0.2) is 0 Å². The van der Waals surface area contributed by atoms with Gasteiger partial charge in [-0.1, -0.05) is 0 Å². The van der Waals surface area contributed by atoms with Crippen LogP contribution in [0.3, 0.4) is 0 Å². The number of nitro benzene ring substituents is 1. The van der Waals surface area contributed by atoms with Crippen LogP contribution in [0.2, 0.25) is 0 Å². The van der Waals surface area contributed by atoms with E-state index in [4.69, 9.17) is 4.74 Å². The summed E-state index contributed by atoms with van der Waals surface area (Å²) in [4.78, 5) is 45.0. The summed E-state index contributed by atoms with van der Waals surface area (Å²) in [5, 5.41) is 13.0. The number of hydrogen-bond acceptors (Lipinski definition) is 7. The Kier molecular flexibility index (Phi) is 10.1. The van der Waals surface area contributed by atoms with Crippen molar-refractivity contribution in [3.05, 3.63) is 39.9 Å². The van der Waals surface area contributed by atoms with Crippen molar-refractivity contribution < 1.29 is 24.0 Å². The van der Waals surface area contributed by atoms with Crippen LogP contribution in [-0.2, 0) is 14.3 Å². The Morgan fingerprint density at radius 2 is 1.88 bits per heavy atom. The fourth-order valence-electron chi connectivity index (χ4n) is 1.96. The number of carbonyl (C=O) groups excluding carboxylic acids is 3. The topological polar surface area (TPSA) is 128 Å². The first kappa shape index (κ1) is 21.7. The van der Waals surface area contributed by atoms with Crippen LogP contribution in [0.1, 0.15) is 36.0 Å². The normalized spacial score (nSPS) is 10.3. The zero-order valence-corrected chi connectivity index (χ0v) is 15.2. The summed E-state index contributed by atoms with van der Waals surface area (Å²) in [6, 6.07) is 5.13. The van der Waals surface area contributed by atoms with E-state index in [0.29, 0.717) is 13.0 Å². The fourth-order valence-corrected chi connectivity index (χ4v) is 2.03. The molecular formula is C15H19BN3O6P. The molecule has 0 heterocycles. The van der Waals surface area contributed by atoms with Gasteiger partial charge in [0.2, 0.25) is 0 Å². The monoisotopic (exact) mass is 379 g/mol. The maximum atomic E-state index is 12.0. The Morgan fingerprint density at radius 1 is 1.19 bits per heavy atom. The molecule has 0 aliphatic rings. The standard InChI is InChI=1S/C15H19BN3O6P/c20-13(2-1-8-25-9-7-15(22)17-16-18-26)10-14(21)11-3-5-12(6-4-11)19(23)24/h3-6H,1-2,7-10,26H2,(H,17,22). The van der Waals surface area contributed by atoms with Crippen molar-refractivity contribution in [2.45, 2.75) is 25.7 Å². The van der Waals surface area contributed by atoms with Gasteiger partial charge in [0.1, 0.15) is 0 Å². The molecule has 0 saturated heterocycles. The molecule has 0 aliphatic carbocycles.